The maximum absolute atomic E-state index is 11.9. The van der Waals surface area contributed by atoms with Crippen molar-refractivity contribution in [3.05, 3.63) is 0 Å². The first-order valence-electron chi connectivity index (χ1n) is 7.45. The molecule has 0 aromatic carbocycles. The van der Waals surface area contributed by atoms with Gasteiger partial charge in [-0.25, -0.2) is 0 Å². The predicted molar refractivity (Wildman–Crippen MR) is 80.2 cm³/mol. The number of hydrogen-bond donors (Lipinski definition) is 3. The fraction of sp³-hybridized carbons (Fsp3) is 0.867. The van der Waals surface area contributed by atoms with Crippen LogP contribution in [0.3, 0.4) is 0 Å². The van der Waals surface area contributed by atoms with Gasteiger partial charge in [0.25, 0.3) is 0 Å². The van der Waals surface area contributed by atoms with Crippen molar-refractivity contribution < 1.29 is 14.7 Å². The highest BCUT2D eigenvalue weighted by molar-refractivity contribution is 5.81. The molecule has 4 N–H and O–H groups in total. The Kier molecular flexibility index (Phi) is 8.46. The molecule has 0 saturated carbocycles. The molecule has 0 aliphatic rings. The van der Waals surface area contributed by atoms with Gasteiger partial charge in [-0.3, -0.25) is 9.59 Å². The first-order valence-corrected chi connectivity index (χ1v) is 7.45. The van der Waals surface area contributed by atoms with Crippen LogP contribution in [-0.4, -0.2) is 29.6 Å². The second-order valence-corrected chi connectivity index (χ2v) is 6.12. The van der Waals surface area contributed by atoms with E-state index in [1.165, 1.54) is 0 Å². The Balaban J connectivity index is 4.58. The number of nitrogens with one attached hydrogen (secondary N) is 1. The van der Waals surface area contributed by atoms with Crippen molar-refractivity contribution in [3.8, 4) is 0 Å². The molecule has 0 aliphatic heterocycles. The Labute approximate surface area is 122 Å². The van der Waals surface area contributed by atoms with E-state index < -0.39 is 12.0 Å². The molecule has 0 aromatic rings. The third-order valence-corrected chi connectivity index (χ3v) is 4.28. The van der Waals surface area contributed by atoms with Crippen molar-refractivity contribution in [3.63, 3.8) is 0 Å². The van der Waals surface area contributed by atoms with Crippen molar-refractivity contribution in [1.82, 2.24) is 5.32 Å². The second-order valence-electron chi connectivity index (χ2n) is 6.12. The molecule has 5 nitrogen and oxygen atoms in total. The van der Waals surface area contributed by atoms with E-state index in [1.54, 1.807) is 0 Å². The Bertz CT molecular complexity index is 318. The Morgan fingerprint density at radius 1 is 1.20 bits per heavy atom. The quantitative estimate of drug-likeness (QED) is 0.603. The fourth-order valence-electron chi connectivity index (χ4n) is 2.16. The van der Waals surface area contributed by atoms with Gasteiger partial charge in [0.2, 0.25) is 5.91 Å². The topological polar surface area (TPSA) is 92.4 Å². The molecular formula is C15H30N2O3. The van der Waals surface area contributed by atoms with Gasteiger partial charge in [-0.2, -0.15) is 0 Å². The predicted octanol–water partition coefficient (Wildman–Crippen LogP) is 1.86. The maximum Gasteiger partial charge on any atom is 0.303 e. The van der Waals surface area contributed by atoms with Gasteiger partial charge in [0, 0.05) is 6.54 Å². The van der Waals surface area contributed by atoms with Crippen LogP contribution in [0.25, 0.3) is 0 Å². The first-order chi connectivity index (χ1) is 9.20. The van der Waals surface area contributed by atoms with Gasteiger partial charge in [0.05, 0.1) is 12.5 Å². The third-order valence-electron chi connectivity index (χ3n) is 4.28. The van der Waals surface area contributed by atoms with Crippen LogP contribution in [0.15, 0.2) is 0 Å². The highest BCUT2D eigenvalue weighted by Crippen LogP contribution is 2.25. The smallest absolute Gasteiger partial charge is 0.303 e. The average Bonchev–Trinajstić information content (AvgIpc) is 2.39. The van der Waals surface area contributed by atoms with E-state index in [-0.39, 0.29) is 30.1 Å². The molecule has 20 heavy (non-hydrogen) atoms. The maximum atomic E-state index is 11.9. The number of carbonyl (C=O) groups is 2. The summed E-state index contributed by atoms with van der Waals surface area (Å²) in [6.07, 6.45) is 1.07. The van der Waals surface area contributed by atoms with E-state index in [9.17, 15) is 9.59 Å². The number of carboxylic acid groups (broad SMARTS) is 1. The molecule has 3 unspecified atom stereocenters. The Morgan fingerprint density at radius 3 is 2.15 bits per heavy atom. The summed E-state index contributed by atoms with van der Waals surface area (Å²) in [4.78, 5) is 22.8. The Morgan fingerprint density at radius 2 is 1.75 bits per heavy atom. The minimum absolute atomic E-state index is 0.0641. The number of nitrogens with two attached hydrogens (primary N) is 1. The van der Waals surface area contributed by atoms with E-state index >= 15 is 0 Å². The van der Waals surface area contributed by atoms with Gasteiger partial charge in [-0.15, -0.1) is 0 Å². The lowest BCUT2D eigenvalue weighted by Crippen LogP contribution is -2.46. The summed E-state index contributed by atoms with van der Waals surface area (Å²) in [5.74, 6) is -0.355. The lowest BCUT2D eigenvalue weighted by atomic mass is 9.80. The van der Waals surface area contributed by atoms with Crippen LogP contribution in [0.1, 0.15) is 47.5 Å². The van der Waals surface area contributed by atoms with Crippen molar-refractivity contribution in [2.45, 2.75) is 53.5 Å². The van der Waals surface area contributed by atoms with Gasteiger partial charge in [0.1, 0.15) is 0 Å². The summed E-state index contributed by atoms with van der Waals surface area (Å²) in [6.45, 7) is 10.4. The summed E-state index contributed by atoms with van der Waals surface area (Å²) in [5.41, 5.74) is 5.78. The van der Waals surface area contributed by atoms with Crippen LogP contribution in [0.2, 0.25) is 0 Å². The lowest BCUT2D eigenvalue weighted by molar-refractivity contribution is -0.139. The van der Waals surface area contributed by atoms with E-state index in [4.69, 9.17) is 10.8 Å². The van der Waals surface area contributed by atoms with Crippen LogP contribution >= 0.6 is 0 Å². The molecule has 0 rings (SSSR count). The zero-order chi connectivity index (χ0) is 15.9. The largest absolute Gasteiger partial charge is 0.481 e. The molecule has 0 fully saturated rings. The number of rotatable bonds is 9. The van der Waals surface area contributed by atoms with Crippen LogP contribution in [0.5, 0.6) is 0 Å². The minimum atomic E-state index is -0.826. The summed E-state index contributed by atoms with van der Waals surface area (Å²) >= 11 is 0. The second kappa shape index (κ2) is 8.95. The molecule has 118 valence electrons. The molecule has 0 aliphatic carbocycles. The summed E-state index contributed by atoms with van der Waals surface area (Å²) in [7, 11) is 0. The van der Waals surface area contributed by atoms with Crippen molar-refractivity contribution in [2.24, 2.45) is 29.4 Å². The molecule has 0 heterocycles. The standard InChI is InChI=1S/C15H30N2O3/c1-6-10(4)11(5)12(7-13(18)19)8-17-15(20)14(16)9(2)3/h9-12,14H,6-8,16H2,1-5H3,(H,17,20)(H,18,19)/t10?,11?,12?,14-/m0/s1. The number of carboxylic acids is 1. The van der Waals surface area contributed by atoms with Gasteiger partial charge in [0.15, 0.2) is 0 Å². The van der Waals surface area contributed by atoms with Gasteiger partial charge >= 0.3 is 5.97 Å². The fourth-order valence-corrected chi connectivity index (χ4v) is 2.16. The summed E-state index contributed by atoms with van der Waals surface area (Å²) < 4.78 is 0. The third kappa shape index (κ3) is 6.37. The van der Waals surface area contributed by atoms with E-state index in [0.717, 1.165) is 6.42 Å². The first kappa shape index (κ1) is 18.9. The minimum Gasteiger partial charge on any atom is -0.481 e. The average molecular weight is 286 g/mol. The highest BCUT2D eigenvalue weighted by atomic mass is 16.4. The monoisotopic (exact) mass is 286 g/mol. The van der Waals surface area contributed by atoms with Gasteiger partial charge in [-0.1, -0.05) is 41.0 Å². The van der Waals surface area contributed by atoms with Gasteiger partial charge < -0.3 is 16.2 Å². The number of hydrogen-bond acceptors (Lipinski definition) is 3. The van der Waals surface area contributed by atoms with E-state index in [2.05, 4.69) is 26.1 Å². The molecule has 0 bridgehead atoms. The molecule has 0 radical (unpaired) electrons. The van der Waals surface area contributed by atoms with Gasteiger partial charge in [-0.05, 0) is 23.7 Å². The normalized spacial score (nSPS) is 17.4. The molecule has 4 atom stereocenters. The van der Waals surface area contributed by atoms with Crippen molar-refractivity contribution in [1.29, 1.82) is 0 Å². The molecule has 5 heteroatoms. The zero-order valence-corrected chi connectivity index (χ0v) is 13.3. The van der Waals surface area contributed by atoms with Crippen LogP contribution in [0, 0.1) is 23.7 Å². The number of amides is 1. The van der Waals surface area contributed by atoms with Crippen LogP contribution < -0.4 is 11.1 Å². The van der Waals surface area contributed by atoms with E-state index in [0.29, 0.717) is 12.5 Å². The molecule has 0 spiro atoms. The number of aliphatic carboxylic acids is 1. The van der Waals surface area contributed by atoms with Crippen molar-refractivity contribution >= 4 is 11.9 Å². The summed E-state index contributed by atoms with van der Waals surface area (Å²) in [6, 6.07) is -0.542. The highest BCUT2D eigenvalue weighted by Gasteiger charge is 2.26. The Hall–Kier alpha value is -1.10. The van der Waals surface area contributed by atoms with Crippen LogP contribution in [-0.2, 0) is 9.59 Å². The molecular weight excluding hydrogens is 256 g/mol. The zero-order valence-electron chi connectivity index (χ0n) is 13.3. The van der Waals surface area contributed by atoms with E-state index in [1.807, 2.05) is 13.8 Å². The summed E-state index contributed by atoms with van der Waals surface area (Å²) in [5, 5.41) is 11.8. The van der Waals surface area contributed by atoms with Crippen molar-refractivity contribution in [2.75, 3.05) is 6.54 Å². The number of carbonyl (C=O) groups excluding carboxylic acids is 1. The molecule has 0 saturated heterocycles. The van der Waals surface area contributed by atoms with Crippen LogP contribution in [0.4, 0.5) is 0 Å². The molecule has 0 aromatic heterocycles. The molecule has 1 amide bonds. The lowest BCUT2D eigenvalue weighted by Gasteiger charge is -2.28. The SMILES string of the molecule is CCC(C)C(C)C(CNC(=O)[C@@H](N)C(C)C)CC(=O)O.